The van der Waals surface area contributed by atoms with E-state index in [1.165, 1.54) is 25.9 Å². The fourth-order valence-electron chi connectivity index (χ4n) is 3.03. The van der Waals surface area contributed by atoms with E-state index < -0.39 is 0 Å². The maximum absolute atomic E-state index is 11.9. The average Bonchev–Trinajstić information content (AvgIpc) is 2.57. The second kappa shape index (κ2) is 9.36. The zero-order chi connectivity index (χ0) is 16.5. The third-order valence-corrected chi connectivity index (χ3v) is 4.24. The molecule has 1 saturated heterocycles. The van der Waals surface area contributed by atoms with Crippen LogP contribution >= 0.6 is 0 Å². The van der Waals surface area contributed by atoms with E-state index in [4.69, 9.17) is 4.74 Å². The molecule has 1 aromatic rings. The Hall–Kier alpha value is -1.81. The van der Waals surface area contributed by atoms with Crippen LogP contribution in [0.3, 0.4) is 0 Å². The number of nitrogens with one attached hydrogen (secondary N) is 1. The Balaban J connectivity index is 1.67. The summed E-state index contributed by atoms with van der Waals surface area (Å²) in [6.07, 6.45) is 7.01. The lowest BCUT2D eigenvalue weighted by Gasteiger charge is -2.30. The van der Waals surface area contributed by atoms with Crippen LogP contribution in [0.5, 0.6) is 5.75 Å². The monoisotopic (exact) mass is 316 g/mol. The van der Waals surface area contributed by atoms with Crippen LogP contribution in [0, 0.1) is 5.92 Å². The van der Waals surface area contributed by atoms with Gasteiger partial charge >= 0.3 is 0 Å². The van der Waals surface area contributed by atoms with Crippen LogP contribution < -0.4 is 10.1 Å². The maximum atomic E-state index is 11.9. The Bertz CT molecular complexity index is 528. The minimum Gasteiger partial charge on any atom is -0.496 e. The van der Waals surface area contributed by atoms with Gasteiger partial charge in [-0.1, -0.05) is 25.1 Å². The minimum atomic E-state index is -0.0529. The molecule has 1 aliphatic rings. The lowest BCUT2D eigenvalue weighted by molar-refractivity contribution is -0.116. The van der Waals surface area contributed by atoms with Crippen LogP contribution in [-0.2, 0) is 4.79 Å². The molecule has 1 N–H and O–H groups in total. The van der Waals surface area contributed by atoms with Crippen LogP contribution in [0.25, 0.3) is 6.08 Å². The van der Waals surface area contributed by atoms with E-state index in [-0.39, 0.29) is 5.91 Å². The first-order chi connectivity index (χ1) is 11.2. The molecule has 1 aromatic carbocycles. The van der Waals surface area contributed by atoms with Crippen molar-refractivity contribution in [3.8, 4) is 5.75 Å². The molecule has 1 atom stereocenters. The molecule has 4 heteroatoms. The number of amides is 1. The summed E-state index contributed by atoms with van der Waals surface area (Å²) >= 11 is 0. The molecule has 23 heavy (non-hydrogen) atoms. The molecule has 0 saturated carbocycles. The van der Waals surface area contributed by atoms with Crippen molar-refractivity contribution in [2.75, 3.05) is 33.3 Å². The van der Waals surface area contributed by atoms with Crippen molar-refractivity contribution >= 4 is 12.0 Å². The topological polar surface area (TPSA) is 41.6 Å². The quantitative estimate of drug-likeness (QED) is 0.621. The van der Waals surface area contributed by atoms with E-state index in [2.05, 4.69) is 17.1 Å². The van der Waals surface area contributed by atoms with Crippen molar-refractivity contribution < 1.29 is 9.53 Å². The first kappa shape index (κ1) is 17.5. The second-order valence-corrected chi connectivity index (χ2v) is 6.27. The predicted molar refractivity (Wildman–Crippen MR) is 94.5 cm³/mol. The molecule has 4 nitrogen and oxygen atoms in total. The number of methoxy groups -OCH3 is 1. The average molecular weight is 316 g/mol. The van der Waals surface area contributed by atoms with Gasteiger partial charge < -0.3 is 15.0 Å². The maximum Gasteiger partial charge on any atom is 0.244 e. The highest BCUT2D eigenvalue weighted by atomic mass is 16.5. The van der Waals surface area contributed by atoms with Crippen LogP contribution in [0.4, 0.5) is 0 Å². The number of ether oxygens (including phenoxy) is 1. The summed E-state index contributed by atoms with van der Waals surface area (Å²) in [6, 6.07) is 7.66. The summed E-state index contributed by atoms with van der Waals surface area (Å²) in [4.78, 5) is 14.4. The van der Waals surface area contributed by atoms with Gasteiger partial charge in [-0.25, -0.2) is 0 Å². The third-order valence-electron chi connectivity index (χ3n) is 4.24. The number of piperidine rings is 1. The molecule has 1 amide bonds. The summed E-state index contributed by atoms with van der Waals surface area (Å²) in [6.45, 7) is 6.51. The van der Waals surface area contributed by atoms with E-state index in [0.717, 1.165) is 36.7 Å². The van der Waals surface area contributed by atoms with Gasteiger partial charge in [-0.15, -0.1) is 0 Å². The Morgan fingerprint density at radius 2 is 2.26 bits per heavy atom. The van der Waals surface area contributed by atoms with E-state index in [1.807, 2.05) is 24.3 Å². The lowest BCUT2D eigenvalue weighted by Crippen LogP contribution is -2.36. The predicted octanol–water partition coefficient (Wildman–Crippen LogP) is 2.95. The van der Waals surface area contributed by atoms with Crippen LogP contribution in [0.1, 0.15) is 31.7 Å². The first-order valence-corrected chi connectivity index (χ1v) is 8.50. The number of rotatable bonds is 7. The first-order valence-electron chi connectivity index (χ1n) is 8.50. The van der Waals surface area contributed by atoms with E-state index >= 15 is 0 Å². The van der Waals surface area contributed by atoms with E-state index in [0.29, 0.717) is 0 Å². The number of para-hydroxylation sites is 1. The highest BCUT2D eigenvalue weighted by molar-refractivity contribution is 5.92. The Morgan fingerprint density at radius 3 is 3.04 bits per heavy atom. The molecule has 1 heterocycles. The van der Waals surface area contributed by atoms with Gasteiger partial charge in [0, 0.05) is 24.7 Å². The summed E-state index contributed by atoms with van der Waals surface area (Å²) in [7, 11) is 1.63. The number of nitrogens with zero attached hydrogens (tertiary/aromatic N) is 1. The zero-order valence-electron chi connectivity index (χ0n) is 14.3. The van der Waals surface area contributed by atoms with Crippen molar-refractivity contribution in [1.82, 2.24) is 10.2 Å². The lowest BCUT2D eigenvalue weighted by atomic mass is 10.0. The van der Waals surface area contributed by atoms with Crippen molar-refractivity contribution in [3.05, 3.63) is 35.9 Å². The van der Waals surface area contributed by atoms with Crippen LogP contribution in [-0.4, -0.2) is 44.1 Å². The molecule has 1 fully saturated rings. The number of hydrogen-bond donors (Lipinski definition) is 1. The van der Waals surface area contributed by atoms with Gasteiger partial charge in [-0.2, -0.15) is 0 Å². The van der Waals surface area contributed by atoms with Gasteiger partial charge in [0.1, 0.15) is 5.75 Å². The number of carbonyl (C=O) groups is 1. The Morgan fingerprint density at radius 1 is 1.43 bits per heavy atom. The van der Waals surface area contributed by atoms with Crippen LogP contribution in [0.2, 0.25) is 0 Å². The third kappa shape index (κ3) is 6.06. The number of hydrogen-bond acceptors (Lipinski definition) is 3. The van der Waals surface area contributed by atoms with Gasteiger partial charge in [0.25, 0.3) is 0 Å². The summed E-state index contributed by atoms with van der Waals surface area (Å²) in [5, 5.41) is 2.95. The smallest absolute Gasteiger partial charge is 0.244 e. The summed E-state index contributed by atoms with van der Waals surface area (Å²) in [5.41, 5.74) is 0.910. The molecule has 0 bridgehead atoms. The van der Waals surface area contributed by atoms with Gasteiger partial charge in [-0.05, 0) is 50.4 Å². The van der Waals surface area contributed by atoms with Crippen molar-refractivity contribution in [1.29, 1.82) is 0 Å². The van der Waals surface area contributed by atoms with Crippen molar-refractivity contribution in [3.63, 3.8) is 0 Å². The van der Waals surface area contributed by atoms with Gasteiger partial charge in [-0.3, -0.25) is 4.79 Å². The molecule has 0 spiro atoms. The molecule has 2 rings (SSSR count). The zero-order valence-corrected chi connectivity index (χ0v) is 14.3. The highest BCUT2D eigenvalue weighted by Crippen LogP contribution is 2.18. The molecule has 0 radical (unpaired) electrons. The number of likely N-dealkylation sites (tertiary alicyclic amines) is 1. The molecular formula is C19H28N2O2. The second-order valence-electron chi connectivity index (χ2n) is 6.27. The Kier molecular flexibility index (Phi) is 7.14. The molecule has 0 aromatic heterocycles. The fraction of sp³-hybridized carbons (Fsp3) is 0.526. The number of carbonyl (C=O) groups excluding carboxylic acids is 1. The Labute approximate surface area is 139 Å². The molecule has 0 unspecified atom stereocenters. The van der Waals surface area contributed by atoms with Crippen molar-refractivity contribution in [2.45, 2.75) is 26.2 Å². The summed E-state index contributed by atoms with van der Waals surface area (Å²) < 4.78 is 5.26. The largest absolute Gasteiger partial charge is 0.496 e. The molecule has 0 aliphatic carbocycles. The number of benzene rings is 1. The SMILES string of the molecule is COc1ccccc1/C=C\C(=O)NCCCN1CCC[C@H](C)C1. The molecule has 1 aliphatic heterocycles. The van der Waals surface area contributed by atoms with E-state index in [9.17, 15) is 4.79 Å². The molecular weight excluding hydrogens is 288 g/mol. The van der Waals surface area contributed by atoms with Gasteiger partial charge in [0.15, 0.2) is 0 Å². The normalized spacial score (nSPS) is 19.0. The van der Waals surface area contributed by atoms with E-state index in [1.54, 1.807) is 19.3 Å². The molecule has 126 valence electrons. The summed E-state index contributed by atoms with van der Waals surface area (Å²) in [5.74, 6) is 1.53. The van der Waals surface area contributed by atoms with Gasteiger partial charge in [0.2, 0.25) is 5.91 Å². The fourth-order valence-corrected chi connectivity index (χ4v) is 3.03. The van der Waals surface area contributed by atoms with Crippen LogP contribution in [0.15, 0.2) is 30.3 Å². The highest BCUT2D eigenvalue weighted by Gasteiger charge is 2.15. The minimum absolute atomic E-state index is 0.0529. The van der Waals surface area contributed by atoms with Gasteiger partial charge in [0.05, 0.1) is 7.11 Å². The standard InChI is InChI=1S/C19H28N2O2/c1-16-7-5-13-21(15-16)14-6-12-20-19(22)11-10-17-8-3-4-9-18(17)23-2/h3-4,8-11,16H,5-7,12-15H2,1-2H3,(H,20,22)/b11-10-/t16-/m0/s1. The van der Waals surface area contributed by atoms with Crippen molar-refractivity contribution in [2.24, 2.45) is 5.92 Å².